The molecule has 2 rings (SSSR count). The Kier molecular flexibility index (Phi) is 8.54. The van der Waals surface area contributed by atoms with Gasteiger partial charge in [-0.05, 0) is 38.0 Å². The summed E-state index contributed by atoms with van der Waals surface area (Å²) in [6, 6.07) is 0. The maximum atomic E-state index is 12.8. The average molecular weight is 416 g/mol. The number of rotatable bonds is 9. The number of amides is 3. The molecule has 2 aliphatic rings. The summed E-state index contributed by atoms with van der Waals surface area (Å²) in [5.41, 5.74) is 2.58. The van der Waals surface area contributed by atoms with E-state index in [-0.39, 0.29) is 42.7 Å². The van der Waals surface area contributed by atoms with Gasteiger partial charge in [-0.3, -0.25) is 29.6 Å². The van der Waals surface area contributed by atoms with Crippen LogP contribution in [0.4, 0.5) is 0 Å². The van der Waals surface area contributed by atoms with Gasteiger partial charge >= 0.3 is 5.97 Å². The van der Waals surface area contributed by atoms with Gasteiger partial charge in [0.15, 0.2) is 0 Å². The summed E-state index contributed by atoms with van der Waals surface area (Å²) < 4.78 is 5.37. The van der Waals surface area contributed by atoms with Crippen molar-refractivity contribution in [2.75, 3.05) is 19.0 Å². The molecule has 1 aliphatic carbocycles. The molecule has 1 saturated heterocycles. The van der Waals surface area contributed by atoms with Crippen molar-refractivity contribution in [3.05, 3.63) is 0 Å². The fourth-order valence-corrected chi connectivity index (χ4v) is 3.47. The molecule has 0 spiro atoms. The van der Waals surface area contributed by atoms with Gasteiger partial charge in [0.1, 0.15) is 12.0 Å². The van der Waals surface area contributed by atoms with E-state index in [0.29, 0.717) is 19.4 Å². The molecule has 8 nitrogen and oxygen atoms in total. The zero-order valence-corrected chi connectivity index (χ0v) is 17.3. The summed E-state index contributed by atoms with van der Waals surface area (Å²) in [6.07, 6.45) is 3.79. The summed E-state index contributed by atoms with van der Waals surface area (Å²) in [5.74, 6) is -2.60. The molecule has 1 aliphatic heterocycles. The molecule has 9 heteroatoms. The first-order chi connectivity index (χ1) is 13.3. The zero-order valence-electron chi connectivity index (χ0n) is 16.5. The van der Waals surface area contributed by atoms with E-state index < -0.39 is 23.7 Å². The van der Waals surface area contributed by atoms with Crippen LogP contribution in [0.1, 0.15) is 52.4 Å². The van der Waals surface area contributed by atoms with Crippen molar-refractivity contribution in [2.45, 2.75) is 58.5 Å². The number of nitrogens with one attached hydrogen (secondary N) is 2. The molecule has 0 aromatic heterocycles. The molecule has 0 aromatic carbocycles. The number of hydrogen-bond donors (Lipinski definition) is 2. The van der Waals surface area contributed by atoms with E-state index in [4.69, 9.17) is 16.3 Å². The lowest BCUT2D eigenvalue weighted by atomic mass is 9.93. The van der Waals surface area contributed by atoms with Gasteiger partial charge in [-0.25, -0.2) is 0 Å². The number of hydrazine groups is 1. The van der Waals surface area contributed by atoms with Crippen molar-refractivity contribution < 1.29 is 23.9 Å². The van der Waals surface area contributed by atoms with E-state index in [0.717, 1.165) is 24.3 Å². The second-order valence-electron chi connectivity index (χ2n) is 7.96. The maximum Gasteiger partial charge on any atom is 0.306 e. The molecule has 1 heterocycles. The molecular formula is C19H30ClN3O5. The third-order valence-corrected chi connectivity index (χ3v) is 5.35. The topological polar surface area (TPSA) is 105 Å². The highest BCUT2D eigenvalue weighted by atomic mass is 35.5. The molecule has 2 fully saturated rings. The first-order valence-electron chi connectivity index (χ1n) is 9.94. The van der Waals surface area contributed by atoms with Crippen molar-refractivity contribution in [2.24, 2.45) is 17.8 Å². The average Bonchev–Trinajstić information content (AvgIpc) is 3.00. The van der Waals surface area contributed by atoms with Gasteiger partial charge in [0.25, 0.3) is 5.91 Å². The van der Waals surface area contributed by atoms with E-state index in [2.05, 4.69) is 10.7 Å². The van der Waals surface area contributed by atoms with Crippen LogP contribution >= 0.6 is 11.6 Å². The molecule has 0 bridgehead atoms. The van der Waals surface area contributed by atoms with E-state index in [1.807, 2.05) is 13.8 Å². The standard InChI is InChI=1S/C19H30ClN3O5/c1-12(2)8-14(9-17(25)28-15-4-3-5-15)19(27)22-23(16(24)10-20)11-13-6-7-21-18(13)26/h12-15H,3-11H2,1-2H3,(H,21,26)(H,22,27)/t13-,14+/m0/s1. The molecule has 158 valence electrons. The molecular weight excluding hydrogens is 386 g/mol. The Morgan fingerprint density at radius 2 is 2.00 bits per heavy atom. The highest BCUT2D eigenvalue weighted by Crippen LogP contribution is 2.24. The van der Waals surface area contributed by atoms with Crippen molar-refractivity contribution >= 4 is 35.3 Å². The molecule has 0 aromatic rings. The first-order valence-corrected chi connectivity index (χ1v) is 10.5. The summed E-state index contributed by atoms with van der Waals surface area (Å²) in [4.78, 5) is 49.0. The minimum atomic E-state index is -0.615. The largest absolute Gasteiger partial charge is 0.462 e. The molecule has 2 N–H and O–H groups in total. The van der Waals surface area contributed by atoms with Crippen LogP contribution in [0.15, 0.2) is 0 Å². The second-order valence-corrected chi connectivity index (χ2v) is 8.23. The van der Waals surface area contributed by atoms with Crippen LogP contribution in [0.2, 0.25) is 0 Å². The fourth-order valence-electron chi connectivity index (χ4n) is 3.32. The van der Waals surface area contributed by atoms with Gasteiger partial charge in [-0.15, -0.1) is 11.6 Å². The summed E-state index contributed by atoms with van der Waals surface area (Å²) >= 11 is 5.66. The van der Waals surface area contributed by atoms with Crippen LogP contribution in [0.3, 0.4) is 0 Å². The molecule has 0 unspecified atom stereocenters. The Balaban J connectivity index is 1.98. The Bertz CT molecular complexity index is 594. The lowest BCUT2D eigenvalue weighted by molar-refractivity contribution is -0.156. The van der Waals surface area contributed by atoms with Crippen molar-refractivity contribution in [1.82, 2.24) is 15.8 Å². The summed E-state index contributed by atoms with van der Waals surface area (Å²) in [6.45, 7) is 4.53. The number of hydrogen-bond acceptors (Lipinski definition) is 5. The van der Waals surface area contributed by atoms with E-state index in [1.54, 1.807) is 0 Å². The Morgan fingerprint density at radius 1 is 1.29 bits per heavy atom. The molecule has 28 heavy (non-hydrogen) atoms. The number of halogens is 1. The lowest BCUT2D eigenvalue weighted by Crippen LogP contribution is -2.51. The molecule has 1 saturated carbocycles. The number of carbonyl (C=O) groups excluding carboxylic acids is 4. The van der Waals surface area contributed by atoms with Crippen LogP contribution in [0.25, 0.3) is 0 Å². The van der Waals surface area contributed by atoms with Gasteiger partial charge in [0.05, 0.1) is 24.8 Å². The van der Waals surface area contributed by atoms with E-state index >= 15 is 0 Å². The second kappa shape index (κ2) is 10.6. The summed E-state index contributed by atoms with van der Waals surface area (Å²) in [5, 5.41) is 3.81. The van der Waals surface area contributed by atoms with Gasteiger partial charge < -0.3 is 10.1 Å². The third-order valence-electron chi connectivity index (χ3n) is 5.12. The Labute approximate surface area is 170 Å². The lowest BCUT2D eigenvalue weighted by Gasteiger charge is -2.28. The van der Waals surface area contributed by atoms with Crippen LogP contribution < -0.4 is 10.7 Å². The van der Waals surface area contributed by atoms with Gasteiger partial charge in [-0.2, -0.15) is 0 Å². The fraction of sp³-hybridized carbons (Fsp3) is 0.789. The van der Waals surface area contributed by atoms with Crippen molar-refractivity contribution in [3.63, 3.8) is 0 Å². The number of ether oxygens (including phenoxy) is 1. The number of nitrogens with zero attached hydrogens (tertiary/aromatic N) is 1. The quantitative estimate of drug-likeness (QED) is 0.336. The molecule has 2 atom stereocenters. The zero-order chi connectivity index (χ0) is 20.7. The monoisotopic (exact) mass is 415 g/mol. The minimum Gasteiger partial charge on any atom is -0.462 e. The van der Waals surface area contributed by atoms with E-state index in [9.17, 15) is 19.2 Å². The van der Waals surface area contributed by atoms with Gasteiger partial charge in [0.2, 0.25) is 11.8 Å². The van der Waals surface area contributed by atoms with E-state index in [1.165, 1.54) is 0 Å². The Morgan fingerprint density at radius 3 is 2.50 bits per heavy atom. The first kappa shape index (κ1) is 22.5. The normalized spacial score (nSPS) is 20.3. The van der Waals surface area contributed by atoms with Crippen LogP contribution in [0.5, 0.6) is 0 Å². The smallest absolute Gasteiger partial charge is 0.306 e. The minimum absolute atomic E-state index is 0.0344. The number of esters is 1. The third kappa shape index (κ3) is 6.65. The van der Waals surface area contributed by atoms with Crippen LogP contribution in [0, 0.1) is 17.8 Å². The number of carbonyl (C=O) groups is 4. The van der Waals surface area contributed by atoms with Crippen molar-refractivity contribution in [1.29, 1.82) is 0 Å². The predicted molar refractivity (Wildman–Crippen MR) is 103 cm³/mol. The number of alkyl halides is 1. The maximum absolute atomic E-state index is 12.8. The molecule has 3 amide bonds. The van der Waals surface area contributed by atoms with Crippen LogP contribution in [-0.2, 0) is 23.9 Å². The highest BCUT2D eigenvalue weighted by molar-refractivity contribution is 6.27. The predicted octanol–water partition coefficient (Wildman–Crippen LogP) is 1.37. The van der Waals surface area contributed by atoms with Gasteiger partial charge in [-0.1, -0.05) is 13.8 Å². The van der Waals surface area contributed by atoms with Crippen LogP contribution in [-0.4, -0.2) is 53.8 Å². The van der Waals surface area contributed by atoms with Gasteiger partial charge in [0, 0.05) is 6.54 Å². The molecule has 0 radical (unpaired) electrons. The highest BCUT2D eigenvalue weighted by Gasteiger charge is 2.32. The SMILES string of the molecule is CC(C)C[C@H](CC(=O)OC1CCC1)C(=O)NN(C[C@@H]1CCNC1=O)C(=O)CCl. The summed E-state index contributed by atoms with van der Waals surface area (Å²) in [7, 11) is 0. The van der Waals surface area contributed by atoms with Crippen molar-refractivity contribution in [3.8, 4) is 0 Å². The Hall–Kier alpha value is -1.83.